The molecule has 1 aliphatic heterocycles. The predicted octanol–water partition coefficient (Wildman–Crippen LogP) is 3.08. The first-order valence-corrected chi connectivity index (χ1v) is 9.89. The number of carbonyl (C=O) groups is 2. The molecule has 2 unspecified atom stereocenters. The third-order valence-corrected chi connectivity index (χ3v) is 4.47. The van der Waals surface area contributed by atoms with Crippen molar-refractivity contribution in [3.63, 3.8) is 0 Å². The third kappa shape index (κ3) is 6.24. The Kier molecular flexibility index (Phi) is 9.02. The number of esters is 2. The molecule has 0 N–H and O–H groups in total. The van der Waals surface area contributed by atoms with Gasteiger partial charge in [-0.1, -0.05) is 36.4 Å². The molecule has 1 aromatic carbocycles. The molecule has 0 bridgehead atoms. The van der Waals surface area contributed by atoms with Gasteiger partial charge in [0.05, 0.1) is 6.61 Å². The molecule has 2 rings (SSSR count). The fraction of sp³-hybridized carbons (Fsp3) is 0.500. The summed E-state index contributed by atoms with van der Waals surface area (Å²) in [7, 11) is 0. The number of carbonyl (C=O) groups excluding carboxylic acids is 2. The minimum atomic E-state index is -1.26. The maximum Gasteiger partial charge on any atom is 0.323 e. The van der Waals surface area contributed by atoms with Crippen molar-refractivity contribution < 1.29 is 28.5 Å². The molecule has 7 heteroatoms. The van der Waals surface area contributed by atoms with Crippen molar-refractivity contribution in [2.75, 3.05) is 19.8 Å². The summed E-state index contributed by atoms with van der Waals surface area (Å²) >= 11 is 0. The highest BCUT2D eigenvalue weighted by Crippen LogP contribution is 2.35. The second-order valence-corrected chi connectivity index (χ2v) is 6.45. The van der Waals surface area contributed by atoms with E-state index >= 15 is 0 Å². The molecule has 1 aliphatic rings. The van der Waals surface area contributed by atoms with Crippen LogP contribution in [-0.2, 0) is 35.1 Å². The van der Waals surface area contributed by atoms with Crippen LogP contribution in [0.5, 0.6) is 0 Å². The number of nitrogens with zero attached hydrogens (tertiary/aromatic N) is 1. The van der Waals surface area contributed by atoms with Crippen molar-refractivity contribution in [3.8, 4) is 0 Å². The Balaban J connectivity index is 2.26. The van der Waals surface area contributed by atoms with Gasteiger partial charge >= 0.3 is 11.9 Å². The molecule has 29 heavy (non-hydrogen) atoms. The number of hydrogen-bond donors (Lipinski definition) is 0. The Morgan fingerprint density at radius 3 is 2.17 bits per heavy atom. The quantitative estimate of drug-likeness (QED) is 0.303. The minimum Gasteiger partial charge on any atom is -0.465 e. The number of allylic oxidation sites excluding steroid dienone is 1. The van der Waals surface area contributed by atoms with Gasteiger partial charge in [-0.2, -0.15) is 0 Å². The Bertz CT molecular complexity index is 697. The van der Waals surface area contributed by atoms with Crippen LogP contribution in [0.1, 0.15) is 32.8 Å². The Morgan fingerprint density at radius 2 is 1.62 bits per heavy atom. The molecule has 0 fully saturated rings. The number of hydrogen-bond acceptors (Lipinski definition) is 7. The lowest BCUT2D eigenvalue weighted by atomic mass is 9.81. The van der Waals surface area contributed by atoms with Gasteiger partial charge in [-0.3, -0.25) is 14.6 Å². The molecule has 0 aromatic heterocycles. The molecule has 7 nitrogen and oxygen atoms in total. The van der Waals surface area contributed by atoms with E-state index in [1.54, 1.807) is 25.3 Å². The van der Waals surface area contributed by atoms with Crippen LogP contribution in [0.15, 0.2) is 47.5 Å². The first-order valence-electron chi connectivity index (χ1n) is 9.89. The molecule has 0 radical (unpaired) electrons. The van der Waals surface area contributed by atoms with Crippen molar-refractivity contribution in [2.24, 2.45) is 10.9 Å². The molecule has 0 saturated carbocycles. The first-order chi connectivity index (χ1) is 14.1. The zero-order valence-corrected chi connectivity index (χ0v) is 17.2. The number of benzene rings is 1. The Morgan fingerprint density at radius 1 is 0.966 bits per heavy atom. The van der Waals surface area contributed by atoms with Gasteiger partial charge in [0.25, 0.3) is 0 Å². The lowest BCUT2D eigenvalue weighted by molar-refractivity contribution is -0.171. The summed E-state index contributed by atoms with van der Waals surface area (Å²) in [6, 6.07) is 9.27. The van der Waals surface area contributed by atoms with Crippen LogP contribution in [0, 0.1) is 5.92 Å². The molecular formula is C22H29NO6. The molecular weight excluding hydrogens is 374 g/mol. The monoisotopic (exact) mass is 403 g/mol. The summed E-state index contributed by atoms with van der Waals surface area (Å²) in [5, 5.41) is 0. The molecule has 0 aliphatic carbocycles. The van der Waals surface area contributed by atoms with Crippen LogP contribution in [-0.4, -0.2) is 49.8 Å². The van der Waals surface area contributed by atoms with E-state index in [1.807, 2.05) is 44.2 Å². The smallest absolute Gasteiger partial charge is 0.323 e. The van der Waals surface area contributed by atoms with Gasteiger partial charge in [0.2, 0.25) is 0 Å². The summed E-state index contributed by atoms with van der Waals surface area (Å²) in [5.74, 6) is -2.63. The van der Waals surface area contributed by atoms with Gasteiger partial charge in [0.1, 0.15) is 12.1 Å². The van der Waals surface area contributed by atoms with Gasteiger partial charge < -0.3 is 18.9 Å². The van der Waals surface area contributed by atoms with Crippen molar-refractivity contribution in [1.82, 2.24) is 0 Å². The fourth-order valence-electron chi connectivity index (χ4n) is 3.19. The largest absolute Gasteiger partial charge is 0.465 e. The lowest BCUT2D eigenvalue weighted by Crippen LogP contribution is -2.47. The van der Waals surface area contributed by atoms with E-state index in [0.29, 0.717) is 13.2 Å². The highest BCUT2D eigenvalue weighted by atomic mass is 16.7. The normalized spacial score (nSPS) is 18.8. The second-order valence-electron chi connectivity index (χ2n) is 6.45. The summed E-state index contributed by atoms with van der Waals surface area (Å²) in [6.45, 7) is 6.44. The van der Waals surface area contributed by atoms with Gasteiger partial charge in [0, 0.05) is 25.8 Å². The molecule has 0 saturated heterocycles. The average Bonchev–Trinajstić information content (AvgIpc) is 3.17. The van der Waals surface area contributed by atoms with Crippen LogP contribution < -0.4 is 0 Å². The highest BCUT2D eigenvalue weighted by Gasteiger charge is 2.50. The summed E-state index contributed by atoms with van der Waals surface area (Å²) in [6.07, 6.45) is 4.54. The number of rotatable bonds is 12. The fourth-order valence-corrected chi connectivity index (χ4v) is 3.19. The average molecular weight is 403 g/mol. The van der Waals surface area contributed by atoms with E-state index in [-0.39, 0.29) is 19.6 Å². The summed E-state index contributed by atoms with van der Waals surface area (Å²) in [4.78, 5) is 30.2. The number of ether oxygens (including phenoxy) is 4. The molecule has 1 aromatic rings. The maximum atomic E-state index is 13.0. The molecule has 1 heterocycles. The third-order valence-electron chi connectivity index (χ3n) is 4.47. The predicted molar refractivity (Wildman–Crippen MR) is 108 cm³/mol. The van der Waals surface area contributed by atoms with Crippen LogP contribution >= 0.6 is 0 Å². The van der Waals surface area contributed by atoms with Crippen LogP contribution in [0.4, 0.5) is 0 Å². The molecule has 158 valence electrons. The first kappa shape index (κ1) is 22.8. The Hall–Kier alpha value is -2.51. The zero-order chi connectivity index (χ0) is 21.1. The van der Waals surface area contributed by atoms with Crippen molar-refractivity contribution in [3.05, 3.63) is 48.0 Å². The Labute approximate surface area is 171 Å². The van der Waals surface area contributed by atoms with E-state index in [0.717, 1.165) is 5.56 Å². The van der Waals surface area contributed by atoms with Gasteiger partial charge in [0.15, 0.2) is 12.2 Å². The van der Waals surface area contributed by atoms with Crippen LogP contribution in [0.3, 0.4) is 0 Å². The van der Waals surface area contributed by atoms with Gasteiger partial charge in [-0.25, -0.2) is 0 Å². The lowest BCUT2D eigenvalue weighted by Gasteiger charge is -2.33. The van der Waals surface area contributed by atoms with Gasteiger partial charge in [-0.15, -0.1) is 0 Å². The topological polar surface area (TPSA) is 83.4 Å². The van der Waals surface area contributed by atoms with Gasteiger partial charge in [-0.05, 0) is 32.4 Å². The SMILES string of the molecule is CCOC(=O)C(C(=O)OCc1ccccc1)C1(CC(OCC)OCC)C=CC=N1. The second kappa shape index (κ2) is 11.5. The standard InChI is InChI=1S/C22H29NO6/c1-4-26-18(27-5-2)15-22(13-10-14-23-22)19(20(24)28-6-3)21(25)29-16-17-11-8-7-9-12-17/h7-14,18-19H,4-6,15-16H2,1-3H3. The zero-order valence-electron chi connectivity index (χ0n) is 17.2. The van der Waals surface area contributed by atoms with Crippen molar-refractivity contribution in [2.45, 2.75) is 45.6 Å². The van der Waals surface area contributed by atoms with Crippen molar-refractivity contribution in [1.29, 1.82) is 0 Å². The molecule has 0 spiro atoms. The van der Waals surface area contributed by atoms with E-state index in [2.05, 4.69) is 4.99 Å². The maximum absolute atomic E-state index is 13.0. The van der Waals surface area contributed by atoms with E-state index in [1.165, 1.54) is 0 Å². The highest BCUT2D eigenvalue weighted by molar-refractivity contribution is 5.98. The van der Waals surface area contributed by atoms with E-state index in [9.17, 15) is 9.59 Å². The van der Waals surface area contributed by atoms with E-state index < -0.39 is 29.7 Å². The van der Waals surface area contributed by atoms with E-state index in [4.69, 9.17) is 18.9 Å². The minimum absolute atomic E-state index is 0.0550. The molecule has 0 amide bonds. The van der Waals surface area contributed by atoms with Crippen molar-refractivity contribution >= 4 is 18.2 Å². The molecule has 2 atom stereocenters. The van der Waals surface area contributed by atoms with Crippen LogP contribution in [0.2, 0.25) is 0 Å². The summed E-state index contributed by atoms with van der Waals surface area (Å²) in [5.41, 5.74) is -0.362. The number of aliphatic imine (C=N–C) groups is 1. The summed E-state index contributed by atoms with van der Waals surface area (Å²) < 4.78 is 21.9. The van der Waals surface area contributed by atoms with Crippen LogP contribution in [0.25, 0.3) is 0 Å².